The van der Waals surface area contributed by atoms with Crippen LogP contribution in [0.5, 0.6) is 0 Å². The van der Waals surface area contributed by atoms with E-state index in [1.165, 1.54) is 6.42 Å². The van der Waals surface area contributed by atoms with Crippen molar-refractivity contribution in [1.29, 1.82) is 0 Å². The van der Waals surface area contributed by atoms with E-state index in [2.05, 4.69) is 22.0 Å². The first-order chi connectivity index (χ1) is 14.7. The van der Waals surface area contributed by atoms with Gasteiger partial charge in [-0.3, -0.25) is 9.59 Å². The van der Waals surface area contributed by atoms with Crippen LogP contribution < -0.4 is 5.32 Å². The molecule has 2 aromatic rings. The maximum absolute atomic E-state index is 13.5. The Morgan fingerprint density at radius 3 is 2.60 bits per heavy atom. The number of likely N-dealkylation sites (tertiary alicyclic amines) is 1. The lowest BCUT2D eigenvalue weighted by Crippen LogP contribution is -2.46. The number of aromatic nitrogens is 2. The van der Waals surface area contributed by atoms with Gasteiger partial charge in [0.05, 0.1) is 11.6 Å². The van der Waals surface area contributed by atoms with E-state index in [4.69, 9.17) is 4.98 Å². The van der Waals surface area contributed by atoms with E-state index in [0.29, 0.717) is 24.8 Å². The van der Waals surface area contributed by atoms with Crippen LogP contribution in [0, 0.1) is 5.92 Å². The second-order valence-corrected chi connectivity index (χ2v) is 8.93. The molecule has 1 saturated carbocycles. The summed E-state index contributed by atoms with van der Waals surface area (Å²) in [6, 6.07) is 10.5. The lowest BCUT2D eigenvalue weighted by atomic mass is 9.96. The number of fused-ring (bicyclic) bond motifs is 1. The summed E-state index contributed by atoms with van der Waals surface area (Å²) in [7, 11) is 0. The highest BCUT2D eigenvalue weighted by Gasteiger charge is 2.34. The summed E-state index contributed by atoms with van der Waals surface area (Å²) in [5.41, 5.74) is 2.72. The Kier molecular flexibility index (Phi) is 5.32. The molecular weight excluding hydrogens is 376 g/mol. The number of hydrogen-bond donors (Lipinski definition) is 1. The molecule has 0 radical (unpaired) electrons. The van der Waals surface area contributed by atoms with Crippen LogP contribution in [0.3, 0.4) is 0 Å². The van der Waals surface area contributed by atoms with Gasteiger partial charge in [-0.25, -0.2) is 4.98 Å². The molecule has 158 valence electrons. The normalized spacial score (nSPS) is 21.6. The number of benzene rings is 1. The number of nitrogens with one attached hydrogen (secondary N) is 1. The van der Waals surface area contributed by atoms with Crippen LogP contribution in [-0.2, 0) is 17.8 Å². The molecule has 5 rings (SSSR count). The Balaban J connectivity index is 1.42. The number of piperidine rings is 1. The first-order valence-electron chi connectivity index (χ1n) is 11.4. The molecule has 1 aliphatic carbocycles. The van der Waals surface area contributed by atoms with Crippen LogP contribution in [0.4, 0.5) is 0 Å². The van der Waals surface area contributed by atoms with Crippen molar-refractivity contribution in [2.45, 2.75) is 64.0 Å². The molecule has 0 spiro atoms. The van der Waals surface area contributed by atoms with Gasteiger partial charge in [-0.2, -0.15) is 0 Å². The maximum Gasteiger partial charge on any atom is 0.274 e. The second kappa shape index (κ2) is 8.25. The van der Waals surface area contributed by atoms with E-state index in [1.807, 2.05) is 23.1 Å². The molecule has 1 unspecified atom stereocenters. The van der Waals surface area contributed by atoms with Crippen molar-refractivity contribution in [3.05, 3.63) is 41.7 Å². The number of carbonyl (C=O) groups excluding carboxylic acids is 2. The molecule has 3 aliphatic rings. The lowest BCUT2D eigenvalue weighted by Gasteiger charge is -2.32. The van der Waals surface area contributed by atoms with E-state index in [9.17, 15) is 9.59 Å². The highest BCUT2D eigenvalue weighted by molar-refractivity contribution is 5.95. The van der Waals surface area contributed by atoms with Crippen LogP contribution >= 0.6 is 0 Å². The molecule has 2 aliphatic heterocycles. The summed E-state index contributed by atoms with van der Waals surface area (Å²) >= 11 is 0. The molecule has 3 heterocycles. The monoisotopic (exact) mass is 406 g/mol. The predicted octanol–water partition coefficient (Wildman–Crippen LogP) is 3.41. The summed E-state index contributed by atoms with van der Waals surface area (Å²) in [6.45, 7) is 2.12. The summed E-state index contributed by atoms with van der Waals surface area (Å²) in [5, 5.41) is 3.11. The standard InChI is InChI=1S/C24H30N4O2/c29-23(25-19-12-13-19)18-10-7-14-27(16-18)24(30)21-20-11-5-2-6-15-28(20)22(26-21)17-8-3-1-4-9-17/h1,3-4,8-9,18-19H,2,5-7,10-16H2,(H,25,29). The molecule has 30 heavy (non-hydrogen) atoms. The highest BCUT2D eigenvalue weighted by atomic mass is 16.2. The third kappa shape index (κ3) is 3.87. The first-order valence-corrected chi connectivity index (χ1v) is 11.4. The van der Waals surface area contributed by atoms with Gasteiger partial charge in [-0.1, -0.05) is 36.8 Å². The summed E-state index contributed by atoms with van der Waals surface area (Å²) in [5.74, 6) is 0.907. The van der Waals surface area contributed by atoms with Crippen molar-refractivity contribution in [3.8, 4) is 11.4 Å². The van der Waals surface area contributed by atoms with Crippen LogP contribution in [0.1, 0.15) is 61.1 Å². The van der Waals surface area contributed by atoms with Gasteiger partial charge in [-0.15, -0.1) is 0 Å². The molecule has 1 aromatic heterocycles. The number of nitrogens with zero attached hydrogens (tertiary/aromatic N) is 3. The van der Waals surface area contributed by atoms with Crippen LogP contribution in [0.25, 0.3) is 11.4 Å². The highest BCUT2D eigenvalue weighted by Crippen LogP contribution is 2.29. The SMILES string of the molecule is O=C(NC1CC1)C1CCCN(C(=O)c2nc(-c3ccccc3)n3c2CCCCC3)C1. The van der Waals surface area contributed by atoms with Crippen molar-refractivity contribution in [2.75, 3.05) is 13.1 Å². The van der Waals surface area contributed by atoms with Crippen LogP contribution in [0.2, 0.25) is 0 Å². The Hall–Kier alpha value is -2.63. The van der Waals surface area contributed by atoms with Gasteiger partial charge in [-0.05, 0) is 44.9 Å². The van der Waals surface area contributed by atoms with Crippen LogP contribution in [0.15, 0.2) is 30.3 Å². The quantitative estimate of drug-likeness (QED) is 0.846. The van der Waals surface area contributed by atoms with E-state index >= 15 is 0 Å². The lowest BCUT2D eigenvalue weighted by molar-refractivity contribution is -0.126. The molecule has 1 aromatic carbocycles. The summed E-state index contributed by atoms with van der Waals surface area (Å²) in [4.78, 5) is 32.8. The number of carbonyl (C=O) groups is 2. The smallest absolute Gasteiger partial charge is 0.274 e. The summed E-state index contributed by atoms with van der Waals surface area (Å²) in [6.07, 6.45) is 8.18. The average Bonchev–Trinajstić information content (AvgIpc) is 3.57. The Morgan fingerprint density at radius 1 is 0.967 bits per heavy atom. The number of rotatable bonds is 4. The zero-order valence-electron chi connectivity index (χ0n) is 17.5. The molecule has 2 amide bonds. The average molecular weight is 407 g/mol. The topological polar surface area (TPSA) is 67.2 Å². The molecule has 6 nitrogen and oxygen atoms in total. The summed E-state index contributed by atoms with van der Waals surface area (Å²) < 4.78 is 2.26. The van der Waals surface area contributed by atoms with E-state index in [-0.39, 0.29) is 17.7 Å². The minimum Gasteiger partial charge on any atom is -0.353 e. The molecule has 1 N–H and O–H groups in total. The fourth-order valence-corrected chi connectivity index (χ4v) is 4.77. The van der Waals surface area contributed by atoms with E-state index in [0.717, 1.165) is 68.6 Å². The zero-order valence-corrected chi connectivity index (χ0v) is 17.5. The number of amides is 2. The van der Waals surface area contributed by atoms with Crippen LogP contribution in [-0.4, -0.2) is 45.4 Å². The van der Waals surface area contributed by atoms with Gasteiger partial charge in [0.1, 0.15) is 11.5 Å². The second-order valence-electron chi connectivity index (χ2n) is 8.93. The third-order valence-corrected chi connectivity index (χ3v) is 6.61. The fourth-order valence-electron chi connectivity index (χ4n) is 4.77. The molecule has 1 atom stereocenters. The molecule has 1 saturated heterocycles. The minimum atomic E-state index is -0.0990. The van der Waals surface area contributed by atoms with Gasteiger partial charge in [0, 0.05) is 31.2 Å². The molecular formula is C24H30N4O2. The Morgan fingerprint density at radius 2 is 1.80 bits per heavy atom. The van der Waals surface area contributed by atoms with Crippen molar-refractivity contribution >= 4 is 11.8 Å². The van der Waals surface area contributed by atoms with Crippen molar-refractivity contribution in [1.82, 2.24) is 19.8 Å². The number of hydrogen-bond acceptors (Lipinski definition) is 3. The number of imidazole rings is 1. The fraction of sp³-hybridized carbons (Fsp3) is 0.542. The molecule has 0 bridgehead atoms. The van der Waals surface area contributed by atoms with Gasteiger partial charge in [0.15, 0.2) is 0 Å². The molecule has 2 fully saturated rings. The Bertz CT molecular complexity index is 932. The van der Waals surface area contributed by atoms with Gasteiger partial charge in [0.25, 0.3) is 5.91 Å². The largest absolute Gasteiger partial charge is 0.353 e. The zero-order chi connectivity index (χ0) is 20.5. The molecule has 6 heteroatoms. The predicted molar refractivity (Wildman–Crippen MR) is 115 cm³/mol. The van der Waals surface area contributed by atoms with Gasteiger partial charge >= 0.3 is 0 Å². The maximum atomic E-state index is 13.5. The van der Waals surface area contributed by atoms with Crippen molar-refractivity contribution < 1.29 is 9.59 Å². The van der Waals surface area contributed by atoms with E-state index in [1.54, 1.807) is 0 Å². The third-order valence-electron chi connectivity index (χ3n) is 6.61. The van der Waals surface area contributed by atoms with E-state index < -0.39 is 0 Å². The first kappa shape index (κ1) is 19.3. The van der Waals surface area contributed by atoms with Gasteiger partial charge in [0.2, 0.25) is 5.91 Å². The van der Waals surface area contributed by atoms with Crippen molar-refractivity contribution in [2.24, 2.45) is 5.92 Å². The Labute approximate surface area is 177 Å². The minimum absolute atomic E-state index is 0.00764. The van der Waals surface area contributed by atoms with Crippen molar-refractivity contribution in [3.63, 3.8) is 0 Å². The van der Waals surface area contributed by atoms with Gasteiger partial charge < -0.3 is 14.8 Å².